The predicted octanol–water partition coefficient (Wildman–Crippen LogP) is 6.03. The topological polar surface area (TPSA) is 0 Å². The molecule has 2 aliphatic carbocycles. The zero-order chi connectivity index (χ0) is 20.7. The Bertz CT molecular complexity index is 1210. The largest absolute Gasteiger partial charge is 0.156 e. The van der Waals surface area contributed by atoms with Gasteiger partial charge in [-0.2, -0.15) is 0 Å². The number of allylic oxidation sites excluding steroid dienone is 4. The van der Waals surface area contributed by atoms with Crippen LogP contribution >= 0.6 is 0 Å². The monoisotopic (exact) mass is 412 g/mol. The van der Waals surface area contributed by atoms with Gasteiger partial charge in [-0.1, -0.05) is 133 Å². The first-order valence-electron chi connectivity index (χ1n) is 11.1. The predicted molar refractivity (Wildman–Crippen MR) is 133 cm³/mol. The molecule has 0 unspecified atom stereocenters. The third kappa shape index (κ3) is 2.67. The average Bonchev–Trinajstić information content (AvgIpc) is 3.49. The molecule has 0 saturated heterocycles. The van der Waals surface area contributed by atoms with Crippen molar-refractivity contribution in [3.05, 3.63) is 144 Å². The van der Waals surface area contributed by atoms with Crippen LogP contribution in [0.15, 0.2) is 133 Å². The van der Waals surface area contributed by atoms with E-state index >= 15 is 0 Å². The van der Waals surface area contributed by atoms with Gasteiger partial charge in [0.25, 0.3) is 0 Å². The molecule has 0 atom stereocenters. The Morgan fingerprint density at radius 1 is 0.548 bits per heavy atom. The zero-order valence-corrected chi connectivity index (χ0v) is 18.4. The molecule has 1 heteroatoms. The summed E-state index contributed by atoms with van der Waals surface area (Å²) in [4.78, 5) is 0. The first-order chi connectivity index (χ1) is 15.4. The lowest BCUT2D eigenvalue weighted by molar-refractivity contribution is 1.13. The van der Waals surface area contributed by atoms with E-state index in [1.54, 1.807) is 5.20 Å². The van der Waals surface area contributed by atoms with Gasteiger partial charge >= 0.3 is 0 Å². The summed E-state index contributed by atoms with van der Waals surface area (Å²) in [6, 6.07) is 40.8. The first kappa shape index (κ1) is 18.4. The fraction of sp³-hybridized carbons (Fsp3) is 0.0667. The minimum atomic E-state index is -2.39. The molecule has 6 rings (SSSR count). The normalized spacial score (nSPS) is 14.9. The molecule has 0 heterocycles. The Labute approximate surface area is 185 Å². The van der Waals surface area contributed by atoms with Crippen molar-refractivity contribution in [2.75, 3.05) is 0 Å². The van der Waals surface area contributed by atoms with Gasteiger partial charge in [0.05, 0.1) is 0 Å². The second-order valence-electron chi connectivity index (χ2n) is 8.47. The van der Waals surface area contributed by atoms with Gasteiger partial charge in [-0.25, -0.2) is 0 Å². The van der Waals surface area contributed by atoms with E-state index in [1.165, 1.54) is 32.6 Å². The highest BCUT2D eigenvalue weighted by Gasteiger charge is 2.51. The van der Waals surface area contributed by atoms with Crippen LogP contribution in [-0.2, 0) is 0 Å². The molecule has 2 aliphatic rings. The molecule has 31 heavy (non-hydrogen) atoms. The van der Waals surface area contributed by atoms with Crippen molar-refractivity contribution >= 4 is 18.4 Å². The molecule has 0 N–H and O–H groups in total. The molecule has 0 radical (unpaired) electrons. The summed E-state index contributed by atoms with van der Waals surface area (Å²) in [7, 11) is -2.39. The van der Waals surface area contributed by atoms with Crippen molar-refractivity contribution in [3.8, 4) is 11.1 Å². The smallest absolute Gasteiger partial charge is 0.0808 e. The molecule has 0 amide bonds. The van der Waals surface area contributed by atoms with Crippen LogP contribution in [0.4, 0.5) is 0 Å². The molecular formula is C30H24Si. The summed E-state index contributed by atoms with van der Waals surface area (Å²) in [6.45, 7) is 0. The van der Waals surface area contributed by atoms with Crippen molar-refractivity contribution in [2.24, 2.45) is 0 Å². The van der Waals surface area contributed by atoms with Crippen LogP contribution in [0.1, 0.15) is 23.1 Å². The molecule has 4 aromatic carbocycles. The van der Waals surface area contributed by atoms with Gasteiger partial charge in [0.2, 0.25) is 0 Å². The van der Waals surface area contributed by atoms with Crippen molar-refractivity contribution in [3.63, 3.8) is 0 Å². The molecule has 0 spiro atoms. The maximum absolute atomic E-state index is 2.41. The number of rotatable bonds is 4. The van der Waals surface area contributed by atoms with Gasteiger partial charge < -0.3 is 0 Å². The van der Waals surface area contributed by atoms with Crippen LogP contribution in [0.5, 0.6) is 0 Å². The van der Waals surface area contributed by atoms with Gasteiger partial charge in [-0.15, -0.1) is 0 Å². The van der Waals surface area contributed by atoms with Crippen LogP contribution in [0.3, 0.4) is 0 Å². The van der Waals surface area contributed by atoms with Gasteiger partial charge in [0.15, 0.2) is 8.07 Å². The van der Waals surface area contributed by atoms with Gasteiger partial charge in [-0.3, -0.25) is 0 Å². The highest BCUT2D eigenvalue weighted by atomic mass is 28.3. The minimum Gasteiger partial charge on any atom is -0.0808 e. The van der Waals surface area contributed by atoms with Gasteiger partial charge in [0, 0.05) is 5.54 Å². The molecular weight excluding hydrogens is 388 g/mol. The van der Waals surface area contributed by atoms with Crippen LogP contribution in [0.2, 0.25) is 0 Å². The second-order valence-corrected chi connectivity index (χ2v) is 12.5. The Hall–Kier alpha value is -3.42. The number of benzene rings is 4. The first-order valence-corrected chi connectivity index (χ1v) is 13.1. The summed E-state index contributed by atoms with van der Waals surface area (Å²) in [5, 5.41) is 4.58. The standard InChI is InChI=1S/C30H24Si/c1-3-13-23(14-4-1)31(25-17-7-8-18-25,24-15-5-2-6-16-24)30-28-21-11-9-19-26(28)27-20-10-12-22-29(27)30/h1-17,19-22,30H,18H2. The van der Waals surface area contributed by atoms with E-state index < -0.39 is 8.07 Å². The lowest BCUT2D eigenvalue weighted by atomic mass is 10.1. The fourth-order valence-corrected chi connectivity index (χ4v) is 11.6. The highest BCUT2D eigenvalue weighted by Crippen LogP contribution is 2.50. The molecule has 0 fully saturated rings. The Morgan fingerprint density at radius 3 is 1.52 bits per heavy atom. The third-order valence-electron chi connectivity index (χ3n) is 7.00. The van der Waals surface area contributed by atoms with E-state index in [4.69, 9.17) is 0 Å². The SMILES string of the molecule is C1=CCC([Si](c2ccccc2)(c2ccccc2)C2c3ccccc3-c3ccccc32)=C1. The maximum Gasteiger partial charge on any atom is 0.156 e. The summed E-state index contributed by atoms with van der Waals surface area (Å²) >= 11 is 0. The Morgan fingerprint density at radius 2 is 1.03 bits per heavy atom. The summed E-state index contributed by atoms with van der Waals surface area (Å²) in [6.07, 6.45) is 8.04. The van der Waals surface area contributed by atoms with Crippen molar-refractivity contribution in [1.29, 1.82) is 0 Å². The Kier molecular flexibility index (Phi) is 4.36. The van der Waals surface area contributed by atoms with E-state index in [0.29, 0.717) is 5.54 Å². The molecule has 0 bridgehead atoms. The van der Waals surface area contributed by atoms with Crippen molar-refractivity contribution < 1.29 is 0 Å². The van der Waals surface area contributed by atoms with E-state index in [1.807, 2.05) is 0 Å². The molecule has 0 aromatic heterocycles. The third-order valence-corrected chi connectivity index (χ3v) is 12.4. The summed E-state index contributed by atoms with van der Waals surface area (Å²) < 4.78 is 0. The fourth-order valence-electron chi connectivity index (χ4n) is 5.82. The van der Waals surface area contributed by atoms with E-state index in [0.717, 1.165) is 6.42 Å². The average molecular weight is 413 g/mol. The van der Waals surface area contributed by atoms with Gasteiger partial charge in [-0.05, 0) is 39.0 Å². The molecule has 0 nitrogen and oxygen atoms in total. The molecule has 0 aliphatic heterocycles. The van der Waals surface area contributed by atoms with Crippen LogP contribution in [0.25, 0.3) is 11.1 Å². The lowest BCUT2D eigenvalue weighted by Crippen LogP contribution is -2.64. The van der Waals surface area contributed by atoms with E-state index in [9.17, 15) is 0 Å². The number of hydrogen-bond donors (Lipinski definition) is 0. The van der Waals surface area contributed by atoms with Crippen LogP contribution in [0, 0.1) is 0 Å². The second kappa shape index (κ2) is 7.37. The van der Waals surface area contributed by atoms with E-state index in [2.05, 4.69) is 127 Å². The number of fused-ring (bicyclic) bond motifs is 3. The molecule has 4 aromatic rings. The maximum atomic E-state index is 2.41. The summed E-state index contributed by atoms with van der Waals surface area (Å²) in [5.41, 5.74) is 6.12. The van der Waals surface area contributed by atoms with E-state index in [-0.39, 0.29) is 0 Å². The van der Waals surface area contributed by atoms with Gasteiger partial charge in [0.1, 0.15) is 0 Å². The van der Waals surface area contributed by atoms with Crippen LogP contribution < -0.4 is 10.4 Å². The van der Waals surface area contributed by atoms with Crippen molar-refractivity contribution in [2.45, 2.75) is 12.0 Å². The number of hydrogen-bond acceptors (Lipinski definition) is 0. The quantitative estimate of drug-likeness (QED) is 0.359. The van der Waals surface area contributed by atoms with Crippen molar-refractivity contribution in [1.82, 2.24) is 0 Å². The lowest BCUT2D eigenvalue weighted by Gasteiger charge is -2.41. The zero-order valence-electron chi connectivity index (χ0n) is 17.4. The highest BCUT2D eigenvalue weighted by molar-refractivity contribution is 7.08. The van der Waals surface area contributed by atoms with Crippen LogP contribution in [-0.4, -0.2) is 8.07 Å². The Balaban J connectivity index is 1.76. The molecule has 0 saturated carbocycles. The summed E-state index contributed by atoms with van der Waals surface area (Å²) in [5.74, 6) is 0. The minimum absolute atomic E-state index is 0.357. The molecule has 148 valence electrons.